The number of fused-ring (bicyclic) bond motifs is 1. The van der Waals surface area contributed by atoms with Gasteiger partial charge in [0.1, 0.15) is 28.9 Å². The van der Waals surface area contributed by atoms with Crippen molar-refractivity contribution >= 4 is 5.97 Å². The first-order chi connectivity index (χ1) is 14.8. The highest BCUT2D eigenvalue weighted by molar-refractivity contribution is 5.91. The summed E-state index contributed by atoms with van der Waals surface area (Å²) in [5.74, 6) is 0.338. The van der Waals surface area contributed by atoms with E-state index in [0.717, 1.165) is 5.56 Å². The number of ether oxygens (including phenoxy) is 2. The van der Waals surface area contributed by atoms with E-state index in [-0.39, 0.29) is 16.9 Å². The molecule has 0 radical (unpaired) electrons. The third-order valence-electron chi connectivity index (χ3n) is 5.22. The molecule has 2 aromatic carbocycles. The lowest BCUT2D eigenvalue weighted by Crippen LogP contribution is -2.21. The van der Waals surface area contributed by atoms with Gasteiger partial charge in [-0.1, -0.05) is 39.0 Å². The average molecular weight is 414 g/mol. The summed E-state index contributed by atoms with van der Waals surface area (Å²) in [7, 11) is 0. The third-order valence-corrected chi connectivity index (χ3v) is 5.22. The molecule has 156 valence electrons. The molecular weight excluding hydrogens is 392 g/mol. The summed E-state index contributed by atoms with van der Waals surface area (Å²) in [4.78, 5) is 12.6. The normalized spacial score (nSPS) is 15.6. The Hall–Kier alpha value is -3.98. The zero-order chi connectivity index (χ0) is 22.2. The van der Waals surface area contributed by atoms with Gasteiger partial charge in [-0.2, -0.15) is 5.26 Å². The molecule has 0 fully saturated rings. The summed E-state index contributed by atoms with van der Waals surface area (Å²) in [5, 5.41) is 9.55. The van der Waals surface area contributed by atoms with Crippen LogP contribution >= 0.6 is 0 Å². The fourth-order valence-electron chi connectivity index (χ4n) is 3.52. The van der Waals surface area contributed by atoms with Crippen LogP contribution in [0, 0.1) is 11.3 Å². The number of nitrogens with zero attached hydrogens (tertiary/aromatic N) is 1. The van der Waals surface area contributed by atoms with E-state index < -0.39 is 11.9 Å². The molecule has 6 nitrogen and oxygen atoms in total. The molecule has 3 aromatic rings. The number of benzene rings is 2. The Morgan fingerprint density at radius 2 is 1.87 bits per heavy atom. The number of allylic oxidation sites excluding steroid dienone is 1. The van der Waals surface area contributed by atoms with E-state index in [2.05, 4.69) is 26.8 Å². The topological polar surface area (TPSA) is 98.5 Å². The number of esters is 1. The molecule has 4 rings (SSSR count). The Labute approximate surface area is 180 Å². The van der Waals surface area contributed by atoms with Crippen molar-refractivity contribution in [3.8, 4) is 17.6 Å². The molecule has 0 bridgehead atoms. The second kappa shape index (κ2) is 7.69. The summed E-state index contributed by atoms with van der Waals surface area (Å²) in [6.07, 6.45) is 1.54. The smallest absolute Gasteiger partial charge is 0.343 e. The third kappa shape index (κ3) is 3.90. The molecule has 31 heavy (non-hydrogen) atoms. The molecule has 2 heterocycles. The maximum absolute atomic E-state index is 12.6. The lowest BCUT2D eigenvalue weighted by atomic mass is 9.87. The van der Waals surface area contributed by atoms with Crippen molar-refractivity contribution in [1.82, 2.24) is 0 Å². The van der Waals surface area contributed by atoms with Crippen molar-refractivity contribution in [3.05, 3.63) is 94.8 Å². The van der Waals surface area contributed by atoms with E-state index in [0.29, 0.717) is 28.4 Å². The molecule has 1 aliphatic heterocycles. The van der Waals surface area contributed by atoms with Gasteiger partial charge in [0.05, 0.1) is 17.7 Å². The maximum Gasteiger partial charge on any atom is 0.343 e. The molecule has 0 saturated carbocycles. The number of carbonyl (C=O) groups excluding carboxylic acids is 1. The number of rotatable bonds is 3. The van der Waals surface area contributed by atoms with Crippen LogP contribution in [-0.2, 0) is 5.41 Å². The number of nitriles is 1. The van der Waals surface area contributed by atoms with Crippen LogP contribution in [0.2, 0.25) is 0 Å². The molecular formula is C25H22N2O4. The lowest BCUT2D eigenvalue weighted by Gasteiger charge is -2.25. The minimum Gasteiger partial charge on any atom is -0.468 e. The summed E-state index contributed by atoms with van der Waals surface area (Å²) >= 11 is 0. The Balaban J connectivity index is 1.60. The Kier molecular flexibility index (Phi) is 5.04. The van der Waals surface area contributed by atoms with Crippen LogP contribution in [0.4, 0.5) is 0 Å². The molecule has 2 N–H and O–H groups in total. The van der Waals surface area contributed by atoms with Crippen LogP contribution in [0.15, 0.2) is 76.7 Å². The molecule has 0 amide bonds. The summed E-state index contributed by atoms with van der Waals surface area (Å²) in [6.45, 7) is 6.34. The zero-order valence-corrected chi connectivity index (χ0v) is 17.5. The average Bonchev–Trinajstić information content (AvgIpc) is 3.26. The van der Waals surface area contributed by atoms with E-state index in [1.807, 2.05) is 12.1 Å². The van der Waals surface area contributed by atoms with Crippen LogP contribution in [-0.4, -0.2) is 5.97 Å². The minimum atomic E-state index is -0.488. The van der Waals surface area contributed by atoms with Crippen molar-refractivity contribution < 1.29 is 18.7 Å². The van der Waals surface area contributed by atoms with Gasteiger partial charge in [-0.05, 0) is 41.3 Å². The highest BCUT2D eigenvalue weighted by atomic mass is 16.5. The van der Waals surface area contributed by atoms with Crippen molar-refractivity contribution in [3.63, 3.8) is 0 Å². The Bertz CT molecular complexity index is 1190. The van der Waals surface area contributed by atoms with Gasteiger partial charge in [-0.3, -0.25) is 0 Å². The van der Waals surface area contributed by atoms with Gasteiger partial charge in [0.25, 0.3) is 0 Å². The molecule has 1 unspecified atom stereocenters. The van der Waals surface area contributed by atoms with Gasteiger partial charge < -0.3 is 19.6 Å². The first-order valence-electron chi connectivity index (χ1n) is 9.85. The summed E-state index contributed by atoms with van der Waals surface area (Å²) < 4.78 is 16.7. The molecule has 1 aliphatic rings. The molecule has 0 saturated heterocycles. The Morgan fingerprint density at radius 1 is 1.13 bits per heavy atom. The minimum absolute atomic E-state index is 0.00146. The molecule has 6 heteroatoms. The highest BCUT2D eigenvalue weighted by Gasteiger charge is 2.32. The van der Waals surface area contributed by atoms with Crippen LogP contribution in [0.3, 0.4) is 0 Å². The zero-order valence-electron chi connectivity index (χ0n) is 17.5. The van der Waals surface area contributed by atoms with Crippen LogP contribution in [0.1, 0.15) is 53.9 Å². The van der Waals surface area contributed by atoms with Crippen molar-refractivity contribution in [2.24, 2.45) is 5.73 Å². The molecule has 0 aliphatic carbocycles. The van der Waals surface area contributed by atoms with Crippen molar-refractivity contribution in [1.29, 1.82) is 5.26 Å². The first-order valence-corrected chi connectivity index (χ1v) is 9.85. The largest absolute Gasteiger partial charge is 0.468 e. The monoisotopic (exact) mass is 414 g/mol. The van der Waals surface area contributed by atoms with Crippen LogP contribution in [0.25, 0.3) is 0 Å². The number of carbonyl (C=O) groups is 1. The lowest BCUT2D eigenvalue weighted by molar-refractivity contribution is 0.0734. The summed E-state index contributed by atoms with van der Waals surface area (Å²) in [5.41, 5.74) is 8.53. The molecule has 1 aromatic heterocycles. The predicted molar refractivity (Wildman–Crippen MR) is 115 cm³/mol. The van der Waals surface area contributed by atoms with Gasteiger partial charge in [0.2, 0.25) is 5.88 Å². The SMILES string of the molecule is CC(C)(C)c1ccc(C(=O)Oc2ccc3c(c2)OC(N)=C(C#N)C3c2ccco2)cc1. The highest BCUT2D eigenvalue weighted by Crippen LogP contribution is 2.43. The van der Waals surface area contributed by atoms with E-state index in [9.17, 15) is 10.1 Å². The second-order valence-corrected chi connectivity index (χ2v) is 8.36. The summed E-state index contributed by atoms with van der Waals surface area (Å²) in [6, 6.07) is 18.0. The number of nitrogens with two attached hydrogens (primary N) is 1. The van der Waals surface area contributed by atoms with E-state index in [1.54, 1.807) is 42.5 Å². The number of hydrogen-bond donors (Lipinski definition) is 1. The van der Waals surface area contributed by atoms with Crippen molar-refractivity contribution in [2.75, 3.05) is 0 Å². The number of hydrogen-bond acceptors (Lipinski definition) is 6. The van der Waals surface area contributed by atoms with Crippen LogP contribution in [0.5, 0.6) is 11.5 Å². The van der Waals surface area contributed by atoms with Crippen molar-refractivity contribution in [2.45, 2.75) is 32.1 Å². The van der Waals surface area contributed by atoms with Gasteiger partial charge in [0, 0.05) is 11.6 Å². The van der Waals surface area contributed by atoms with E-state index >= 15 is 0 Å². The van der Waals surface area contributed by atoms with Crippen LogP contribution < -0.4 is 15.2 Å². The van der Waals surface area contributed by atoms with E-state index in [1.165, 1.54) is 6.26 Å². The Morgan fingerprint density at radius 3 is 2.48 bits per heavy atom. The first kappa shape index (κ1) is 20.3. The van der Waals surface area contributed by atoms with Gasteiger partial charge >= 0.3 is 5.97 Å². The predicted octanol–water partition coefficient (Wildman–Crippen LogP) is 5.01. The fraction of sp³-hybridized carbons (Fsp3) is 0.200. The standard InChI is InChI=1S/C25H22N2O4/c1-25(2,3)16-8-6-15(7-9-16)24(28)30-17-10-11-18-21(13-17)31-23(27)19(14-26)22(18)20-5-4-12-29-20/h4-13,22H,27H2,1-3H3. The van der Waals surface area contributed by atoms with E-state index in [4.69, 9.17) is 19.6 Å². The van der Waals surface area contributed by atoms with Gasteiger partial charge in [0.15, 0.2) is 0 Å². The molecule has 1 atom stereocenters. The quantitative estimate of drug-likeness (QED) is 0.478. The van der Waals surface area contributed by atoms with Gasteiger partial charge in [-0.15, -0.1) is 0 Å². The number of furan rings is 1. The molecule has 0 spiro atoms. The fourth-order valence-corrected chi connectivity index (χ4v) is 3.52. The maximum atomic E-state index is 12.6. The van der Waals surface area contributed by atoms with Gasteiger partial charge in [-0.25, -0.2) is 4.79 Å². The second-order valence-electron chi connectivity index (χ2n) is 8.36.